The molecule has 0 bridgehead atoms. The molecule has 0 aromatic rings. The highest BCUT2D eigenvalue weighted by molar-refractivity contribution is 5.85. The second-order valence-electron chi connectivity index (χ2n) is 11.8. The normalized spacial score (nSPS) is 13.7. The maximum Gasteiger partial charge on any atom is 0.151 e. The van der Waals surface area contributed by atoms with Crippen molar-refractivity contribution in [2.75, 3.05) is 13.1 Å². The molecule has 3 N–H and O–H groups in total. The van der Waals surface area contributed by atoms with Crippen LogP contribution in [0, 0.1) is 10.8 Å². The summed E-state index contributed by atoms with van der Waals surface area (Å²) in [5.41, 5.74) is -0.481. The number of aliphatic hydroxyl groups is 1. The van der Waals surface area contributed by atoms with Gasteiger partial charge in [0.1, 0.15) is 5.78 Å². The van der Waals surface area contributed by atoms with Crippen LogP contribution < -0.4 is 10.6 Å². The van der Waals surface area contributed by atoms with Crippen LogP contribution in [0.15, 0.2) is 0 Å². The van der Waals surface area contributed by atoms with Crippen molar-refractivity contribution >= 4 is 11.6 Å². The molecule has 0 aliphatic carbocycles. The molecule has 0 spiro atoms. The van der Waals surface area contributed by atoms with Gasteiger partial charge in [0.2, 0.25) is 0 Å². The molecule has 0 aromatic carbocycles. The van der Waals surface area contributed by atoms with Crippen molar-refractivity contribution < 1.29 is 14.7 Å². The quantitative estimate of drug-likeness (QED) is 0.558. The molecule has 0 heterocycles. The molecule has 176 valence electrons. The van der Waals surface area contributed by atoms with E-state index in [0.717, 1.165) is 6.54 Å². The van der Waals surface area contributed by atoms with Gasteiger partial charge in [-0.1, -0.05) is 49.0 Å². The lowest BCUT2D eigenvalue weighted by atomic mass is 9.87. The topological polar surface area (TPSA) is 78.4 Å². The van der Waals surface area contributed by atoms with Gasteiger partial charge in [-0.25, -0.2) is 0 Å². The van der Waals surface area contributed by atoms with Crippen LogP contribution in [-0.2, 0) is 9.59 Å². The Morgan fingerprint density at radius 3 is 1.41 bits per heavy atom. The summed E-state index contributed by atoms with van der Waals surface area (Å²) in [5.74, 6) is 0.383. The van der Waals surface area contributed by atoms with Gasteiger partial charge < -0.3 is 15.7 Å². The summed E-state index contributed by atoms with van der Waals surface area (Å²) < 4.78 is 0. The van der Waals surface area contributed by atoms with E-state index in [2.05, 4.69) is 52.2 Å². The minimum Gasteiger partial charge on any atom is -0.393 e. The third kappa shape index (κ3) is 21.7. The molecular formula is C24H52N2O3. The number of hydrogen-bond donors (Lipinski definition) is 3. The van der Waals surface area contributed by atoms with Crippen LogP contribution in [0.4, 0.5) is 0 Å². The molecular weight excluding hydrogens is 364 g/mol. The van der Waals surface area contributed by atoms with Crippen LogP contribution in [0.25, 0.3) is 0 Å². The van der Waals surface area contributed by atoms with Gasteiger partial charge in [-0.15, -0.1) is 0 Å². The first-order chi connectivity index (χ1) is 12.1. The van der Waals surface area contributed by atoms with Gasteiger partial charge in [-0.3, -0.25) is 9.59 Å². The Kier molecular flexibility index (Phi) is 14.5. The molecule has 5 nitrogen and oxygen atoms in total. The number of rotatable bonds is 7. The Labute approximate surface area is 181 Å². The summed E-state index contributed by atoms with van der Waals surface area (Å²) in [6, 6.07) is 0. The van der Waals surface area contributed by atoms with Crippen molar-refractivity contribution in [1.82, 2.24) is 10.6 Å². The standard InChI is InChI=1S/C13H27NO2.C10H21NO.CH4/c1-12(2,3)11(16)9-10(15)7-8-14-13(4,5)6;1-9(2,3)8(12)7-11-10(4,5)6;/h10,14-15H,7-9H2,1-6H3;11H,7H2,1-6H3;1H4. The first kappa shape index (κ1) is 32.9. The van der Waals surface area contributed by atoms with Crippen LogP contribution in [0.5, 0.6) is 0 Å². The number of carbonyl (C=O) groups is 2. The van der Waals surface area contributed by atoms with Crippen molar-refractivity contribution in [3.63, 3.8) is 0 Å². The van der Waals surface area contributed by atoms with E-state index >= 15 is 0 Å². The SMILES string of the molecule is C.CC(C)(C)NCC(=O)C(C)(C)C.CC(C)(C)NCCC(O)CC(=O)C(C)(C)C. The Morgan fingerprint density at radius 2 is 1.10 bits per heavy atom. The first-order valence-electron chi connectivity index (χ1n) is 10.4. The van der Waals surface area contributed by atoms with E-state index in [1.807, 2.05) is 41.5 Å². The predicted molar refractivity (Wildman–Crippen MR) is 126 cm³/mol. The zero-order valence-electron chi connectivity index (χ0n) is 20.7. The molecule has 29 heavy (non-hydrogen) atoms. The molecule has 0 aromatic heterocycles. The largest absolute Gasteiger partial charge is 0.393 e. The number of ketones is 2. The minimum absolute atomic E-state index is 0. The number of hydrogen-bond acceptors (Lipinski definition) is 5. The average molecular weight is 417 g/mol. The fraction of sp³-hybridized carbons (Fsp3) is 0.917. The number of carbonyl (C=O) groups excluding carboxylic acids is 2. The monoisotopic (exact) mass is 416 g/mol. The summed E-state index contributed by atoms with van der Waals surface area (Å²) in [7, 11) is 0. The van der Waals surface area contributed by atoms with Crippen molar-refractivity contribution in [3.8, 4) is 0 Å². The zero-order valence-corrected chi connectivity index (χ0v) is 20.7. The van der Waals surface area contributed by atoms with Gasteiger partial charge in [-0.2, -0.15) is 0 Å². The predicted octanol–water partition coefficient (Wildman–Crippen LogP) is 4.76. The van der Waals surface area contributed by atoms with E-state index in [0.29, 0.717) is 13.0 Å². The minimum atomic E-state index is -0.526. The highest BCUT2D eigenvalue weighted by atomic mass is 16.3. The molecule has 0 rings (SSSR count). The van der Waals surface area contributed by atoms with Crippen molar-refractivity contribution in [3.05, 3.63) is 0 Å². The van der Waals surface area contributed by atoms with E-state index in [-0.39, 0.29) is 47.3 Å². The number of Topliss-reactive ketones (excluding diaryl/α,β-unsaturated/α-hetero) is 2. The molecule has 0 amide bonds. The smallest absolute Gasteiger partial charge is 0.151 e. The summed E-state index contributed by atoms with van der Waals surface area (Å²) in [4.78, 5) is 23.1. The Bertz CT molecular complexity index is 472. The Morgan fingerprint density at radius 1 is 0.724 bits per heavy atom. The third-order valence-electron chi connectivity index (χ3n) is 4.01. The van der Waals surface area contributed by atoms with Crippen molar-refractivity contribution in [1.29, 1.82) is 0 Å². The maximum atomic E-state index is 11.7. The Balaban J connectivity index is -0.000000468. The summed E-state index contributed by atoms with van der Waals surface area (Å²) in [6.07, 6.45) is 0.357. The lowest BCUT2D eigenvalue weighted by Crippen LogP contribution is -2.42. The molecule has 0 fully saturated rings. The maximum absolute atomic E-state index is 11.7. The second kappa shape index (κ2) is 12.8. The second-order valence-corrected chi connectivity index (χ2v) is 11.8. The van der Waals surface area contributed by atoms with Gasteiger partial charge in [0, 0.05) is 28.3 Å². The number of aliphatic hydroxyl groups excluding tert-OH is 1. The molecule has 0 saturated heterocycles. The zero-order chi connectivity index (χ0) is 23.0. The lowest BCUT2D eigenvalue weighted by Gasteiger charge is -2.23. The third-order valence-corrected chi connectivity index (χ3v) is 4.01. The van der Waals surface area contributed by atoms with Gasteiger partial charge in [0.15, 0.2) is 5.78 Å². The average Bonchev–Trinajstić information content (AvgIpc) is 2.41. The van der Waals surface area contributed by atoms with E-state index in [4.69, 9.17) is 0 Å². The molecule has 5 heteroatoms. The van der Waals surface area contributed by atoms with Crippen LogP contribution in [0.3, 0.4) is 0 Å². The summed E-state index contributed by atoms with van der Waals surface area (Å²) in [5, 5.41) is 16.2. The van der Waals surface area contributed by atoms with E-state index in [9.17, 15) is 14.7 Å². The van der Waals surface area contributed by atoms with E-state index in [1.54, 1.807) is 0 Å². The summed E-state index contributed by atoms with van der Waals surface area (Å²) in [6.45, 7) is 25.1. The highest BCUT2D eigenvalue weighted by Gasteiger charge is 2.24. The van der Waals surface area contributed by atoms with Crippen LogP contribution in [0.1, 0.15) is 103 Å². The molecule has 0 aliphatic heterocycles. The fourth-order valence-corrected chi connectivity index (χ4v) is 1.85. The number of nitrogens with one attached hydrogen (secondary N) is 2. The van der Waals surface area contributed by atoms with Crippen molar-refractivity contribution in [2.45, 2.75) is 121 Å². The van der Waals surface area contributed by atoms with Gasteiger partial charge in [-0.05, 0) is 54.5 Å². The van der Waals surface area contributed by atoms with Gasteiger partial charge in [0.25, 0.3) is 0 Å². The highest BCUT2D eigenvalue weighted by Crippen LogP contribution is 2.18. The molecule has 1 atom stereocenters. The Hall–Kier alpha value is -0.780. The van der Waals surface area contributed by atoms with Gasteiger partial charge in [0.05, 0.1) is 12.6 Å². The van der Waals surface area contributed by atoms with Crippen LogP contribution in [-0.4, -0.2) is 46.9 Å². The molecule has 0 aliphatic rings. The van der Waals surface area contributed by atoms with Crippen molar-refractivity contribution in [2.24, 2.45) is 10.8 Å². The first-order valence-corrected chi connectivity index (χ1v) is 10.4. The van der Waals surface area contributed by atoms with Crippen LogP contribution >= 0.6 is 0 Å². The van der Waals surface area contributed by atoms with Gasteiger partial charge >= 0.3 is 0 Å². The fourth-order valence-electron chi connectivity index (χ4n) is 1.85. The molecule has 0 radical (unpaired) electrons. The molecule has 1 unspecified atom stereocenters. The van der Waals surface area contributed by atoms with Crippen LogP contribution in [0.2, 0.25) is 0 Å². The summed E-state index contributed by atoms with van der Waals surface area (Å²) >= 11 is 0. The van der Waals surface area contributed by atoms with E-state index in [1.165, 1.54) is 0 Å². The molecule has 0 saturated carbocycles. The lowest BCUT2D eigenvalue weighted by molar-refractivity contribution is -0.128. The van der Waals surface area contributed by atoms with E-state index < -0.39 is 6.10 Å².